The van der Waals surface area contributed by atoms with Crippen LogP contribution in [0, 0.1) is 0 Å². The first-order chi connectivity index (χ1) is 22.1. The van der Waals surface area contributed by atoms with Crippen LogP contribution in [0.4, 0.5) is 18.9 Å². The Balaban J connectivity index is 1.79. The van der Waals surface area contributed by atoms with E-state index in [2.05, 4.69) is 4.74 Å². The number of ether oxygens (including phenoxy) is 5. The maximum absolute atomic E-state index is 13.8. The van der Waals surface area contributed by atoms with E-state index in [9.17, 15) is 13.2 Å². The van der Waals surface area contributed by atoms with Gasteiger partial charge in [-0.15, -0.1) is 13.2 Å². The topological polar surface area (TPSA) is 72.2 Å². The highest BCUT2D eigenvalue weighted by Crippen LogP contribution is 2.45. The molecule has 2 N–H and O–H groups in total. The molecule has 0 unspecified atom stereocenters. The van der Waals surface area contributed by atoms with E-state index in [1.807, 2.05) is 48.5 Å². The summed E-state index contributed by atoms with van der Waals surface area (Å²) in [4.78, 5) is 0. The zero-order valence-electron chi connectivity index (χ0n) is 25.8. The van der Waals surface area contributed by atoms with E-state index in [1.165, 1.54) is 12.1 Å². The van der Waals surface area contributed by atoms with Crippen molar-refractivity contribution >= 4 is 5.69 Å². The molecule has 6 nitrogen and oxygen atoms in total. The third-order valence-corrected chi connectivity index (χ3v) is 7.87. The standard InChI is InChI=1S/C37H34F3NO5/c1-42-27-13-5-23(6-14-27)34(24-7-15-28(43-2)16-8-24)32-21-31(46-37(38,39)40)22-33(36(32)41)35(25-9-17-29(44-3)18-10-25)26-11-19-30(45-4)20-12-26/h5-22,34-35H,41H2,1-4H3. The molecule has 0 bridgehead atoms. The lowest BCUT2D eigenvalue weighted by atomic mass is 9.79. The third-order valence-electron chi connectivity index (χ3n) is 7.87. The van der Waals surface area contributed by atoms with Crippen LogP contribution in [0.5, 0.6) is 28.7 Å². The molecule has 5 aromatic carbocycles. The molecule has 5 aromatic rings. The normalized spacial score (nSPS) is 11.4. The van der Waals surface area contributed by atoms with E-state index in [-0.39, 0.29) is 5.75 Å². The molecule has 0 atom stereocenters. The predicted molar refractivity (Wildman–Crippen MR) is 171 cm³/mol. The van der Waals surface area contributed by atoms with Crippen LogP contribution in [0.1, 0.15) is 45.2 Å². The van der Waals surface area contributed by atoms with Gasteiger partial charge >= 0.3 is 6.36 Å². The lowest BCUT2D eigenvalue weighted by Crippen LogP contribution is -2.19. The number of methoxy groups -OCH3 is 4. The molecule has 46 heavy (non-hydrogen) atoms. The highest BCUT2D eigenvalue weighted by Gasteiger charge is 2.34. The van der Waals surface area contributed by atoms with Crippen LogP contribution in [-0.4, -0.2) is 34.8 Å². The van der Waals surface area contributed by atoms with E-state index in [0.717, 1.165) is 22.3 Å². The Morgan fingerprint density at radius 2 is 0.717 bits per heavy atom. The number of anilines is 1. The minimum atomic E-state index is -4.93. The average molecular weight is 630 g/mol. The smallest absolute Gasteiger partial charge is 0.497 e. The summed E-state index contributed by atoms with van der Waals surface area (Å²) >= 11 is 0. The van der Waals surface area contributed by atoms with Gasteiger partial charge in [-0.1, -0.05) is 48.5 Å². The second kappa shape index (κ2) is 13.8. The number of hydrogen-bond donors (Lipinski definition) is 1. The van der Waals surface area contributed by atoms with Gasteiger partial charge in [-0.2, -0.15) is 0 Å². The maximum Gasteiger partial charge on any atom is 0.573 e. The highest BCUT2D eigenvalue weighted by atomic mass is 19.4. The molecule has 238 valence electrons. The van der Waals surface area contributed by atoms with Gasteiger partial charge in [0.15, 0.2) is 0 Å². The molecule has 0 aliphatic heterocycles. The van der Waals surface area contributed by atoms with Crippen molar-refractivity contribution in [3.8, 4) is 28.7 Å². The number of nitrogen functional groups attached to an aromatic ring is 1. The second-order valence-electron chi connectivity index (χ2n) is 10.5. The Kier molecular flexibility index (Phi) is 9.61. The SMILES string of the molecule is COc1ccc(C(c2ccc(OC)cc2)c2cc(OC(F)(F)F)cc(C(c3ccc(OC)cc3)c3ccc(OC)cc3)c2N)cc1. The summed E-state index contributed by atoms with van der Waals surface area (Å²) in [5.74, 6) is 1.03. The van der Waals surface area contributed by atoms with E-state index in [0.29, 0.717) is 39.8 Å². The van der Waals surface area contributed by atoms with Crippen molar-refractivity contribution in [2.75, 3.05) is 34.2 Å². The number of hydrogen-bond acceptors (Lipinski definition) is 6. The molecule has 9 heteroatoms. The lowest BCUT2D eigenvalue weighted by Gasteiger charge is -2.27. The Bertz CT molecular complexity index is 1520. The number of alkyl halides is 3. The number of rotatable bonds is 11. The number of nitrogens with two attached hydrogens (primary N) is 1. The molecular weight excluding hydrogens is 595 g/mol. The van der Waals surface area contributed by atoms with Gasteiger partial charge in [-0.3, -0.25) is 0 Å². The van der Waals surface area contributed by atoms with Crippen molar-refractivity contribution in [1.82, 2.24) is 0 Å². The van der Waals surface area contributed by atoms with Gasteiger partial charge in [-0.25, -0.2) is 0 Å². The fourth-order valence-electron chi connectivity index (χ4n) is 5.63. The molecule has 0 amide bonds. The van der Waals surface area contributed by atoms with E-state index >= 15 is 0 Å². The quantitative estimate of drug-likeness (QED) is 0.117. The Hall–Kier alpha value is -5.31. The van der Waals surface area contributed by atoms with Gasteiger partial charge < -0.3 is 29.4 Å². The molecule has 0 saturated heterocycles. The molecule has 5 rings (SSSR count). The first-order valence-corrected chi connectivity index (χ1v) is 14.4. The second-order valence-corrected chi connectivity index (χ2v) is 10.5. The minimum absolute atomic E-state index is 0.322. The van der Waals surface area contributed by atoms with Crippen molar-refractivity contribution in [1.29, 1.82) is 0 Å². The van der Waals surface area contributed by atoms with Gasteiger partial charge in [0, 0.05) is 17.5 Å². The van der Waals surface area contributed by atoms with E-state index in [4.69, 9.17) is 24.7 Å². The molecule has 0 aromatic heterocycles. The Morgan fingerprint density at radius 1 is 0.457 bits per heavy atom. The minimum Gasteiger partial charge on any atom is -0.497 e. The highest BCUT2D eigenvalue weighted by molar-refractivity contribution is 5.67. The van der Waals surface area contributed by atoms with Crippen molar-refractivity contribution < 1.29 is 36.9 Å². The molecule has 0 heterocycles. The van der Waals surface area contributed by atoms with Crippen LogP contribution >= 0.6 is 0 Å². The summed E-state index contributed by atoms with van der Waals surface area (Å²) in [6, 6.07) is 32.1. The van der Waals surface area contributed by atoms with Crippen LogP contribution < -0.4 is 29.4 Å². The van der Waals surface area contributed by atoms with Gasteiger partial charge in [0.05, 0.1) is 28.4 Å². The zero-order chi connectivity index (χ0) is 32.8. The number of halogens is 3. The summed E-state index contributed by atoms with van der Waals surface area (Å²) < 4.78 is 67.5. The van der Waals surface area contributed by atoms with Crippen molar-refractivity contribution in [2.45, 2.75) is 18.2 Å². The van der Waals surface area contributed by atoms with Crippen molar-refractivity contribution in [3.63, 3.8) is 0 Å². The summed E-state index contributed by atoms with van der Waals surface area (Å²) in [5.41, 5.74) is 11.4. The molecule has 0 aliphatic carbocycles. The predicted octanol–water partition coefficient (Wildman–Crippen LogP) is 8.56. The fraction of sp³-hybridized carbons (Fsp3) is 0.189. The summed E-state index contributed by atoms with van der Waals surface area (Å²) in [7, 11) is 6.26. The Labute approximate surface area is 266 Å². The molecule has 0 radical (unpaired) electrons. The van der Waals surface area contributed by atoms with Crippen molar-refractivity contribution in [3.05, 3.63) is 143 Å². The van der Waals surface area contributed by atoms with Crippen LogP contribution in [-0.2, 0) is 0 Å². The average Bonchev–Trinajstić information content (AvgIpc) is 3.07. The molecule has 0 aliphatic rings. The summed E-state index contributed by atoms with van der Waals surface area (Å²) in [6.45, 7) is 0. The Morgan fingerprint density at radius 3 is 0.935 bits per heavy atom. The van der Waals surface area contributed by atoms with Crippen molar-refractivity contribution in [2.24, 2.45) is 0 Å². The summed E-state index contributed by atoms with van der Waals surface area (Å²) in [5, 5.41) is 0. The summed E-state index contributed by atoms with van der Waals surface area (Å²) in [6.07, 6.45) is -4.93. The van der Waals surface area contributed by atoms with Gasteiger partial charge in [-0.05, 0) is 94.0 Å². The van der Waals surface area contributed by atoms with Gasteiger partial charge in [0.1, 0.15) is 28.7 Å². The van der Waals surface area contributed by atoms with Gasteiger partial charge in [0.2, 0.25) is 0 Å². The molecule has 0 spiro atoms. The van der Waals surface area contributed by atoms with E-state index < -0.39 is 18.2 Å². The molecule has 0 fully saturated rings. The maximum atomic E-state index is 13.8. The van der Waals surface area contributed by atoms with E-state index in [1.54, 1.807) is 77.0 Å². The monoisotopic (exact) mass is 629 g/mol. The molecule has 0 saturated carbocycles. The fourth-order valence-corrected chi connectivity index (χ4v) is 5.63. The number of benzene rings is 5. The van der Waals surface area contributed by atoms with Crippen LogP contribution in [0.15, 0.2) is 109 Å². The van der Waals surface area contributed by atoms with Crippen LogP contribution in [0.25, 0.3) is 0 Å². The first-order valence-electron chi connectivity index (χ1n) is 14.4. The third kappa shape index (κ3) is 7.15. The largest absolute Gasteiger partial charge is 0.573 e. The zero-order valence-corrected chi connectivity index (χ0v) is 25.8. The first kappa shape index (κ1) is 32.1. The van der Waals surface area contributed by atoms with Crippen LogP contribution in [0.2, 0.25) is 0 Å². The lowest BCUT2D eigenvalue weighted by molar-refractivity contribution is -0.274. The molecular formula is C37H34F3NO5. The van der Waals surface area contributed by atoms with Crippen LogP contribution in [0.3, 0.4) is 0 Å². The van der Waals surface area contributed by atoms with Gasteiger partial charge in [0.25, 0.3) is 0 Å².